The highest BCUT2D eigenvalue weighted by atomic mass is 16.3. The van der Waals surface area contributed by atoms with Gasteiger partial charge in [-0.25, -0.2) is 0 Å². The van der Waals surface area contributed by atoms with Crippen LogP contribution in [-0.2, 0) is 0 Å². The quantitative estimate of drug-likeness (QED) is 0.911. The SMILES string of the molecule is O=C(c1ccco1)N1CCCNC(c2ccccc2)C1. The van der Waals surface area contributed by atoms with Gasteiger partial charge >= 0.3 is 0 Å². The third-order valence-electron chi connectivity index (χ3n) is 3.62. The molecule has 2 heterocycles. The summed E-state index contributed by atoms with van der Waals surface area (Å²) < 4.78 is 5.22. The number of hydrogen-bond donors (Lipinski definition) is 1. The van der Waals surface area contributed by atoms with Gasteiger partial charge < -0.3 is 14.6 Å². The highest BCUT2D eigenvalue weighted by molar-refractivity contribution is 5.91. The molecule has 1 aromatic heterocycles. The van der Waals surface area contributed by atoms with Crippen LogP contribution in [-0.4, -0.2) is 30.4 Å². The number of benzene rings is 1. The molecule has 1 aliphatic heterocycles. The first-order valence-electron chi connectivity index (χ1n) is 6.96. The topological polar surface area (TPSA) is 45.5 Å². The van der Waals surface area contributed by atoms with E-state index in [-0.39, 0.29) is 11.9 Å². The fraction of sp³-hybridized carbons (Fsp3) is 0.312. The summed E-state index contributed by atoms with van der Waals surface area (Å²) >= 11 is 0. The second-order valence-electron chi connectivity index (χ2n) is 5.00. The Morgan fingerprint density at radius 2 is 2.05 bits per heavy atom. The van der Waals surface area contributed by atoms with Crippen molar-refractivity contribution >= 4 is 5.91 Å². The second kappa shape index (κ2) is 5.92. The van der Waals surface area contributed by atoms with Gasteiger partial charge in [-0.15, -0.1) is 0 Å². The first-order valence-corrected chi connectivity index (χ1v) is 6.96. The lowest BCUT2D eigenvalue weighted by molar-refractivity contribution is 0.0721. The zero-order chi connectivity index (χ0) is 13.8. The van der Waals surface area contributed by atoms with Crippen LogP contribution in [0.15, 0.2) is 53.1 Å². The van der Waals surface area contributed by atoms with Crippen LogP contribution < -0.4 is 5.32 Å². The standard InChI is InChI=1S/C16H18N2O2/c19-16(15-8-4-11-20-15)18-10-5-9-17-14(12-18)13-6-2-1-3-7-13/h1-4,6-8,11,14,17H,5,9-10,12H2. The molecular formula is C16H18N2O2. The average Bonchev–Trinajstić information content (AvgIpc) is 2.92. The Labute approximate surface area is 118 Å². The fourth-order valence-corrected chi connectivity index (χ4v) is 2.57. The minimum atomic E-state index is -0.0281. The van der Waals surface area contributed by atoms with E-state index in [2.05, 4.69) is 17.4 Å². The zero-order valence-corrected chi connectivity index (χ0v) is 11.3. The van der Waals surface area contributed by atoms with Gasteiger partial charge in [-0.2, -0.15) is 0 Å². The van der Waals surface area contributed by atoms with Gasteiger partial charge in [0.1, 0.15) is 0 Å². The van der Waals surface area contributed by atoms with Crippen molar-refractivity contribution in [3.8, 4) is 0 Å². The summed E-state index contributed by atoms with van der Waals surface area (Å²) in [6, 6.07) is 13.9. The summed E-state index contributed by atoms with van der Waals surface area (Å²) in [5.41, 5.74) is 1.21. The van der Waals surface area contributed by atoms with Gasteiger partial charge in [0.15, 0.2) is 5.76 Å². The largest absolute Gasteiger partial charge is 0.459 e. The van der Waals surface area contributed by atoms with E-state index in [4.69, 9.17) is 4.42 Å². The van der Waals surface area contributed by atoms with Crippen LogP contribution in [0.25, 0.3) is 0 Å². The number of furan rings is 1. The van der Waals surface area contributed by atoms with Crippen LogP contribution in [0.5, 0.6) is 0 Å². The molecule has 1 unspecified atom stereocenters. The Hall–Kier alpha value is -2.07. The van der Waals surface area contributed by atoms with Gasteiger partial charge in [0.2, 0.25) is 0 Å². The Morgan fingerprint density at radius 1 is 1.20 bits per heavy atom. The van der Waals surface area contributed by atoms with E-state index in [9.17, 15) is 4.79 Å². The summed E-state index contributed by atoms with van der Waals surface area (Å²) in [5, 5.41) is 3.50. The molecular weight excluding hydrogens is 252 g/mol. The number of carbonyl (C=O) groups is 1. The van der Waals surface area contributed by atoms with Gasteiger partial charge in [-0.05, 0) is 30.7 Å². The molecule has 0 saturated carbocycles. The predicted octanol–water partition coefficient (Wildman–Crippen LogP) is 2.46. The number of nitrogens with one attached hydrogen (secondary N) is 1. The van der Waals surface area contributed by atoms with Crippen molar-refractivity contribution in [2.75, 3.05) is 19.6 Å². The Kier molecular flexibility index (Phi) is 3.83. The molecule has 0 radical (unpaired) electrons. The van der Waals surface area contributed by atoms with E-state index >= 15 is 0 Å². The molecule has 1 atom stereocenters. The van der Waals surface area contributed by atoms with Gasteiger partial charge in [0.25, 0.3) is 5.91 Å². The van der Waals surface area contributed by atoms with Gasteiger partial charge in [0.05, 0.1) is 6.26 Å². The summed E-state index contributed by atoms with van der Waals surface area (Å²) in [5.74, 6) is 0.387. The van der Waals surface area contributed by atoms with E-state index < -0.39 is 0 Å². The van der Waals surface area contributed by atoms with Crippen molar-refractivity contribution in [3.05, 3.63) is 60.1 Å². The molecule has 104 valence electrons. The minimum absolute atomic E-state index is 0.0281. The molecule has 1 amide bonds. The van der Waals surface area contributed by atoms with Crippen LogP contribution in [0.3, 0.4) is 0 Å². The van der Waals surface area contributed by atoms with E-state index in [0.29, 0.717) is 12.3 Å². The number of rotatable bonds is 2. The highest BCUT2D eigenvalue weighted by Crippen LogP contribution is 2.18. The molecule has 0 aliphatic carbocycles. The van der Waals surface area contributed by atoms with Crippen molar-refractivity contribution in [2.45, 2.75) is 12.5 Å². The van der Waals surface area contributed by atoms with E-state index in [1.54, 1.807) is 12.1 Å². The summed E-state index contributed by atoms with van der Waals surface area (Å²) in [6.45, 7) is 2.35. The smallest absolute Gasteiger partial charge is 0.289 e. The first-order chi connectivity index (χ1) is 9.84. The molecule has 2 aromatic rings. The Morgan fingerprint density at radius 3 is 2.80 bits per heavy atom. The maximum Gasteiger partial charge on any atom is 0.289 e. The van der Waals surface area contributed by atoms with E-state index in [1.807, 2.05) is 23.1 Å². The summed E-state index contributed by atoms with van der Waals surface area (Å²) in [6.07, 6.45) is 2.49. The molecule has 1 aliphatic rings. The monoisotopic (exact) mass is 270 g/mol. The molecule has 0 spiro atoms. The van der Waals surface area contributed by atoms with Gasteiger partial charge in [-0.3, -0.25) is 4.79 Å². The number of amides is 1. The van der Waals surface area contributed by atoms with Crippen molar-refractivity contribution < 1.29 is 9.21 Å². The molecule has 1 fully saturated rings. The van der Waals surface area contributed by atoms with E-state index in [1.165, 1.54) is 11.8 Å². The van der Waals surface area contributed by atoms with E-state index in [0.717, 1.165) is 19.5 Å². The fourth-order valence-electron chi connectivity index (χ4n) is 2.57. The summed E-state index contributed by atoms with van der Waals surface area (Å²) in [7, 11) is 0. The second-order valence-corrected chi connectivity index (χ2v) is 5.00. The normalized spacial score (nSPS) is 19.6. The van der Waals surface area contributed by atoms with Gasteiger partial charge in [-0.1, -0.05) is 30.3 Å². The van der Waals surface area contributed by atoms with Crippen molar-refractivity contribution in [1.82, 2.24) is 10.2 Å². The van der Waals surface area contributed by atoms with Crippen LogP contribution in [0.2, 0.25) is 0 Å². The maximum atomic E-state index is 12.4. The third kappa shape index (κ3) is 2.75. The van der Waals surface area contributed by atoms with Crippen LogP contribution in [0.4, 0.5) is 0 Å². The lowest BCUT2D eigenvalue weighted by Gasteiger charge is -2.24. The maximum absolute atomic E-state index is 12.4. The molecule has 1 aromatic carbocycles. The van der Waals surface area contributed by atoms with Crippen molar-refractivity contribution in [3.63, 3.8) is 0 Å². The third-order valence-corrected chi connectivity index (χ3v) is 3.62. The number of carbonyl (C=O) groups excluding carboxylic acids is 1. The highest BCUT2D eigenvalue weighted by Gasteiger charge is 2.24. The molecule has 1 saturated heterocycles. The van der Waals surface area contributed by atoms with Crippen molar-refractivity contribution in [2.24, 2.45) is 0 Å². The first kappa shape index (κ1) is 12.9. The van der Waals surface area contributed by atoms with Crippen molar-refractivity contribution in [1.29, 1.82) is 0 Å². The molecule has 3 rings (SSSR count). The molecule has 0 bridgehead atoms. The Bertz CT molecular complexity index is 551. The Balaban J connectivity index is 1.77. The van der Waals surface area contributed by atoms with Crippen LogP contribution in [0.1, 0.15) is 28.6 Å². The molecule has 4 heteroatoms. The predicted molar refractivity (Wildman–Crippen MR) is 76.4 cm³/mol. The lowest BCUT2D eigenvalue weighted by atomic mass is 10.1. The molecule has 20 heavy (non-hydrogen) atoms. The molecule has 4 nitrogen and oxygen atoms in total. The summed E-state index contributed by atoms with van der Waals surface area (Å²) in [4.78, 5) is 14.3. The minimum Gasteiger partial charge on any atom is -0.459 e. The zero-order valence-electron chi connectivity index (χ0n) is 11.3. The average molecular weight is 270 g/mol. The lowest BCUT2D eigenvalue weighted by Crippen LogP contribution is -2.35. The number of nitrogens with zero attached hydrogens (tertiary/aromatic N) is 1. The van der Waals surface area contributed by atoms with Gasteiger partial charge in [0, 0.05) is 19.1 Å². The number of hydrogen-bond acceptors (Lipinski definition) is 3. The van der Waals surface area contributed by atoms with Crippen LogP contribution in [0, 0.1) is 0 Å². The molecule has 1 N–H and O–H groups in total. The van der Waals surface area contributed by atoms with Crippen LogP contribution >= 0.6 is 0 Å².